The quantitative estimate of drug-likeness (QED) is 0.628. The summed E-state index contributed by atoms with van der Waals surface area (Å²) in [5.74, 6) is -0.844. The van der Waals surface area contributed by atoms with Gasteiger partial charge in [-0.3, -0.25) is 9.59 Å². The molecule has 0 bridgehead atoms. The molecule has 1 aromatic carbocycles. The van der Waals surface area contributed by atoms with Gasteiger partial charge in [0, 0.05) is 12.6 Å². The van der Waals surface area contributed by atoms with Gasteiger partial charge in [0.2, 0.25) is 5.91 Å². The van der Waals surface area contributed by atoms with Crippen LogP contribution in [0.3, 0.4) is 0 Å². The highest BCUT2D eigenvalue weighted by atomic mass is 32.1. The van der Waals surface area contributed by atoms with E-state index in [1.165, 1.54) is 18.3 Å². The smallest absolute Gasteiger partial charge is 0.338 e. The molecule has 0 aliphatic rings. The lowest BCUT2D eigenvalue weighted by molar-refractivity contribution is -0.119. The highest BCUT2D eigenvalue weighted by Gasteiger charge is 2.09. The number of carbonyl (C=O) groups excluding carboxylic acids is 3. The maximum atomic E-state index is 11.9. The van der Waals surface area contributed by atoms with Crippen LogP contribution in [-0.4, -0.2) is 30.9 Å². The Kier molecular flexibility index (Phi) is 5.87. The van der Waals surface area contributed by atoms with Crippen molar-refractivity contribution in [3.8, 4) is 0 Å². The first-order chi connectivity index (χ1) is 11.1. The Bertz CT molecular complexity index is 681. The second-order valence-corrected chi connectivity index (χ2v) is 5.58. The fraction of sp³-hybridized carbons (Fsp3) is 0.188. The molecule has 2 N–H and O–H groups in total. The van der Waals surface area contributed by atoms with Gasteiger partial charge in [0.25, 0.3) is 5.91 Å². The monoisotopic (exact) mass is 332 g/mol. The minimum absolute atomic E-state index is 0.106. The largest absolute Gasteiger partial charge is 0.460 e. The van der Waals surface area contributed by atoms with E-state index in [2.05, 4.69) is 10.6 Å². The number of esters is 1. The van der Waals surface area contributed by atoms with E-state index < -0.39 is 5.97 Å². The number of carbonyl (C=O) groups is 3. The van der Waals surface area contributed by atoms with E-state index in [0.29, 0.717) is 16.1 Å². The van der Waals surface area contributed by atoms with Crippen molar-refractivity contribution in [3.05, 3.63) is 52.2 Å². The molecule has 1 heterocycles. The first kappa shape index (κ1) is 16.7. The lowest BCUT2D eigenvalue weighted by Gasteiger charge is -2.07. The number of ether oxygens (including phenoxy) is 1. The molecule has 7 heteroatoms. The van der Waals surface area contributed by atoms with Crippen molar-refractivity contribution >= 4 is 34.8 Å². The molecule has 0 saturated carbocycles. The predicted octanol–water partition coefficient (Wildman–Crippen LogP) is 2.29. The Hall–Kier alpha value is -2.67. The lowest BCUT2D eigenvalue weighted by atomic mass is 10.2. The molecule has 0 unspecified atom stereocenters. The van der Waals surface area contributed by atoms with E-state index >= 15 is 0 Å². The van der Waals surface area contributed by atoms with Crippen LogP contribution in [0.25, 0.3) is 0 Å². The molecule has 0 aliphatic carbocycles. The SMILES string of the molecule is CC(=O)NCCOC(=O)c1ccc(NC(=O)c2cccs2)cc1. The molecule has 0 saturated heterocycles. The number of rotatable bonds is 6. The zero-order valence-corrected chi connectivity index (χ0v) is 13.3. The first-order valence-corrected chi connectivity index (χ1v) is 7.80. The Labute approximate surface area is 137 Å². The van der Waals surface area contributed by atoms with Crippen LogP contribution in [-0.2, 0) is 9.53 Å². The van der Waals surface area contributed by atoms with Crippen molar-refractivity contribution in [2.24, 2.45) is 0 Å². The van der Waals surface area contributed by atoms with Gasteiger partial charge >= 0.3 is 5.97 Å². The summed E-state index contributed by atoms with van der Waals surface area (Å²) in [6, 6.07) is 9.96. The van der Waals surface area contributed by atoms with E-state index in [1.54, 1.807) is 36.4 Å². The van der Waals surface area contributed by atoms with Crippen molar-refractivity contribution in [1.82, 2.24) is 5.32 Å². The lowest BCUT2D eigenvalue weighted by Crippen LogP contribution is -2.25. The molecular weight excluding hydrogens is 316 g/mol. The van der Waals surface area contributed by atoms with Gasteiger partial charge in [0.15, 0.2) is 0 Å². The van der Waals surface area contributed by atoms with Crippen molar-refractivity contribution < 1.29 is 19.1 Å². The molecule has 6 nitrogen and oxygen atoms in total. The number of anilines is 1. The van der Waals surface area contributed by atoms with Crippen LogP contribution in [0, 0.1) is 0 Å². The second-order valence-electron chi connectivity index (χ2n) is 4.63. The third-order valence-corrected chi connectivity index (χ3v) is 3.70. The predicted molar refractivity (Wildman–Crippen MR) is 87.7 cm³/mol. The standard InChI is InChI=1S/C16H16N2O4S/c1-11(19)17-8-9-22-16(21)12-4-6-13(7-5-12)18-15(20)14-3-2-10-23-14/h2-7,10H,8-9H2,1H3,(H,17,19)(H,18,20). The molecular formula is C16H16N2O4S. The average molecular weight is 332 g/mol. The summed E-state index contributed by atoms with van der Waals surface area (Å²) in [5.41, 5.74) is 0.972. The summed E-state index contributed by atoms with van der Waals surface area (Å²) in [4.78, 5) is 35.0. The van der Waals surface area contributed by atoms with Gasteiger partial charge in [-0.15, -0.1) is 11.3 Å². The maximum absolute atomic E-state index is 11.9. The molecule has 0 atom stereocenters. The summed E-state index contributed by atoms with van der Waals surface area (Å²) in [6.45, 7) is 1.77. The summed E-state index contributed by atoms with van der Waals surface area (Å²) in [6.07, 6.45) is 0. The zero-order valence-electron chi connectivity index (χ0n) is 12.5. The van der Waals surface area contributed by atoms with E-state index in [9.17, 15) is 14.4 Å². The van der Waals surface area contributed by atoms with Crippen molar-refractivity contribution in [1.29, 1.82) is 0 Å². The fourth-order valence-corrected chi connectivity index (χ4v) is 2.36. The van der Waals surface area contributed by atoms with Gasteiger partial charge < -0.3 is 15.4 Å². The maximum Gasteiger partial charge on any atom is 0.338 e. The van der Waals surface area contributed by atoms with Crippen LogP contribution in [0.2, 0.25) is 0 Å². The first-order valence-electron chi connectivity index (χ1n) is 6.93. The summed E-state index contributed by atoms with van der Waals surface area (Å²) in [7, 11) is 0. The van der Waals surface area contributed by atoms with Gasteiger partial charge in [0.05, 0.1) is 17.0 Å². The molecule has 2 rings (SSSR count). The Morgan fingerprint density at radius 3 is 2.48 bits per heavy atom. The van der Waals surface area contributed by atoms with Gasteiger partial charge in [-0.2, -0.15) is 0 Å². The second kappa shape index (κ2) is 8.09. The fourth-order valence-electron chi connectivity index (χ4n) is 1.74. The van der Waals surface area contributed by atoms with Gasteiger partial charge in [-0.25, -0.2) is 4.79 Å². The van der Waals surface area contributed by atoms with Gasteiger partial charge in [-0.1, -0.05) is 6.07 Å². The van der Waals surface area contributed by atoms with Gasteiger partial charge in [-0.05, 0) is 35.7 Å². The van der Waals surface area contributed by atoms with E-state index in [0.717, 1.165) is 0 Å². The molecule has 120 valence electrons. The third kappa shape index (κ3) is 5.23. The van der Waals surface area contributed by atoms with Crippen LogP contribution >= 0.6 is 11.3 Å². The number of hydrogen-bond acceptors (Lipinski definition) is 5. The number of hydrogen-bond donors (Lipinski definition) is 2. The Morgan fingerprint density at radius 2 is 1.87 bits per heavy atom. The molecule has 2 amide bonds. The van der Waals surface area contributed by atoms with E-state index in [1.807, 2.05) is 5.38 Å². The molecule has 0 aliphatic heterocycles. The van der Waals surface area contributed by atoms with Crippen molar-refractivity contribution in [2.75, 3.05) is 18.5 Å². The van der Waals surface area contributed by atoms with Crippen LogP contribution in [0.1, 0.15) is 27.0 Å². The molecule has 23 heavy (non-hydrogen) atoms. The zero-order chi connectivity index (χ0) is 16.7. The number of amides is 2. The number of benzene rings is 1. The van der Waals surface area contributed by atoms with Gasteiger partial charge in [0.1, 0.15) is 6.61 Å². The van der Waals surface area contributed by atoms with Crippen LogP contribution in [0.4, 0.5) is 5.69 Å². The average Bonchev–Trinajstić information content (AvgIpc) is 3.06. The Balaban J connectivity index is 1.85. The molecule has 2 aromatic rings. The molecule has 0 radical (unpaired) electrons. The highest BCUT2D eigenvalue weighted by Crippen LogP contribution is 2.14. The summed E-state index contributed by atoms with van der Waals surface area (Å²) >= 11 is 1.36. The summed E-state index contributed by atoms with van der Waals surface area (Å²) < 4.78 is 5.02. The van der Waals surface area contributed by atoms with Crippen LogP contribution in [0.5, 0.6) is 0 Å². The van der Waals surface area contributed by atoms with Crippen LogP contribution in [0.15, 0.2) is 41.8 Å². The molecule has 1 aromatic heterocycles. The number of thiophene rings is 1. The minimum Gasteiger partial charge on any atom is -0.460 e. The summed E-state index contributed by atoms with van der Waals surface area (Å²) in [5, 5.41) is 7.11. The molecule has 0 fully saturated rings. The number of nitrogens with one attached hydrogen (secondary N) is 2. The Morgan fingerprint density at radius 1 is 1.13 bits per heavy atom. The van der Waals surface area contributed by atoms with E-state index in [-0.39, 0.29) is 25.0 Å². The minimum atomic E-state index is -0.480. The van der Waals surface area contributed by atoms with Crippen molar-refractivity contribution in [3.63, 3.8) is 0 Å². The third-order valence-electron chi connectivity index (χ3n) is 2.83. The van der Waals surface area contributed by atoms with E-state index in [4.69, 9.17) is 4.74 Å². The highest BCUT2D eigenvalue weighted by molar-refractivity contribution is 7.12. The normalized spacial score (nSPS) is 9.96. The van der Waals surface area contributed by atoms with Crippen molar-refractivity contribution in [2.45, 2.75) is 6.92 Å². The van der Waals surface area contributed by atoms with Crippen LogP contribution < -0.4 is 10.6 Å². The molecule has 0 spiro atoms. The topological polar surface area (TPSA) is 84.5 Å².